The molecule has 2 aliphatic carbocycles. The van der Waals surface area contributed by atoms with E-state index in [0.717, 1.165) is 12.8 Å². The number of rotatable bonds is 0. The molecule has 2 rings (SSSR count). The van der Waals surface area contributed by atoms with Crippen molar-refractivity contribution in [2.24, 2.45) is 16.7 Å². The highest BCUT2D eigenvalue weighted by Gasteiger charge is 2.65. The van der Waals surface area contributed by atoms with Gasteiger partial charge in [0.1, 0.15) is 6.10 Å². The van der Waals surface area contributed by atoms with Crippen LogP contribution in [0.3, 0.4) is 0 Å². The number of aliphatic hydroxyl groups excluding tert-OH is 1. The first kappa shape index (κ1) is 8.24. The standard InChI is InChI=1S/C10H16O2/c1-9(2)6-4-5-10(9,3)8(12)7(6)11/h6,8,12H,4-5H2,1-3H3/t6-,8-,10-/m0/s1. The second kappa shape index (κ2) is 1.92. The first-order valence-electron chi connectivity index (χ1n) is 4.63. The van der Waals surface area contributed by atoms with E-state index in [-0.39, 0.29) is 22.5 Å². The van der Waals surface area contributed by atoms with E-state index in [2.05, 4.69) is 13.8 Å². The molecule has 0 heterocycles. The van der Waals surface area contributed by atoms with Gasteiger partial charge in [0, 0.05) is 11.3 Å². The zero-order valence-electron chi connectivity index (χ0n) is 7.92. The second-order valence-corrected chi connectivity index (χ2v) is 5.04. The number of Topliss-reactive ketones (excluding diaryl/α,β-unsaturated/α-hetero) is 1. The summed E-state index contributed by atoms with van der Waals surface area (Å²) in [5.41, 5.74) is -0.155. The molecule has 2 saturated carbocycles. The minimum Gasteiger partial charge on any atom is -0.385 e. The van der Waals surface area contributed by atoms with Gasteiger partial charge in [-0.15, -0.1) is 0 Å². The number of fused-ring (bicyclic) bond motifs is 2. The molecule has 0 aromatic heterocycles. The lowest BCUT2D eigenvalue weighted by Crippen LogP contribution is -2.37. The maximum absolute atomic E-state index is 11.5. The summed E-state index contributed by atoms with van der Waals surface area (Å²) in [5, 5.41) is 9.73. The zero-order valence-corrected chi connectivity index (χ0v) is 7.92. The summed E-state index contributed by atoms with van der Waals surface area (Å²) in [7, 11) is 0. The Labute approximate surface area is 73.0 Å². The molecule has 0 spiro atoms. The molecule has 2 aliphatic rings. The topological polar surface area (TPSA) is 37.3 Å². The van der Waals surface area contributed by atoms with Crippen molar-refractivity contribution in [2.75, 3.05) is 0 Å². The van der Waals surface area contributed by atoms with Gasteiger partial charge in [-0.05, 0) is 18.3 Å². The molecule has 2 bridgehead atoms. The first-order chi connectivity index (χ1) is 5.41. The number of carbonyl (C=O) groups is 1. The normalized spacial score (nSPS) is 50.2. The summed E-state index contributed by atoms with van der Waals surface area (Å²) in [4.78, 5) is 11.5. The smallest absolute Gasteiger partial charge is 0.165 e. The lowest BCUT2D eigenvalue weighted by Gasteiger charge is -2.35. The lowest BCUT2D eigenvalue weighted by molar-refractivity contribution is -0.132. The van der Waals surface area contributed by atoms with Crippen molar-refractivity contribution in [3.05, 3.63) is 0 Å². The van der Waals surface area contributed by atoms with Gasteiger partial charge in [0.15, 0.2) is 5.78 Å². The predicted octanol–water partition coefficient (Wildman–Crippen LogP) is 1.37. The monoisotopic (exact) mass is 168 g/mol. The number of aliphatic hydroxyl groups is 1. The van der Waals surface area contributed by atoms with Gasteiger partial charge in [0.2, 0.25) is 0 Å². The van der Waals surface area contributed by atoms with E-state index in [0.29, 0.717) is 0 Å². The third-order valence-electron chi connectivity index (χ3n) is 4.51. The van der Waals surface area contributed by atoms with Crippen LogP contribution in [0.5, 0.6) is 0 Å². The maximum Gasteiger partial charge on any atom is 0.165 e. The predicted molar refractivity (Wildman–Crippen MR) is 45.6 cm³/mol. The molecule has 2 nitrogen and oxygen atoms in total. The fourth-order valence-electron chi connectivity index (χ4n) is 3.02. The Morgan fingerprint density at radius 2 is 2.00 bits per heavy atom. The van der Waals surface area contributed by atoms with Crippen LogP contribution >= 0.6 is 0 Å². The fourth-order valence-corrected chi connectivity index (χ4v) is 3.02. The zero-order chi connectivity index (χ0) is 9.15. The van der Waals surface area contributed by atoms with E-state index < -0.39 is 6.10 Å². The molecule has 0 aliphatic heterocycles. The largest absolute Gasteiger partial charge is 0.385 e. The highest BCUT2D eigenvalue weighted by Crippen LogP contribution is 2.63. The molecule has 2 heteroatoms. The van der Waals surface area contributed by atoms with E-state index in [1.54, 1.807) is 0 Å². The molecule has 0 saturated heterocycles. The fraction of sp³-hybridized carbons (Fsp3) is 0.900. The van der Waals surface area contributed by atoms with Crippen molar-refractivity contribution in [2.45, 2.75) is 39.7 Å². The molecule has 0 radical (unpaired) electrons. The number of ketones is 1. The lowest BCUT2D eigenvalue weighted by atomic mass is 9.70. The van der Waals surface area contributed by atoms with Gasteiger partial charge in [0.05, 0.1) is 0 Å². The molecule has 0 aromatic carbocycles. The van der Waals surface area contributed by atoms with Gasteiger partial charge in [-0.3, -0.25) is 4.79 Å². The first-order valence-corrected chi connectivity index (χ1v) is 4.63. The van der Waals surface area contributed by atoms with Crippen LogP contribution in [0, 0.1) is 16.7 Å². The van der Waals surface area contributed by atoms with Gasteiger partial charge in [0.25, 0.3) is 0 Å². The summed E-state index contributed by atoms with van der Waals surface area (Å²) in [6, 6.07) is 0. The van der Waals surface area contributed by atoms with Crippen molar-refractivity contribution in [1.29, 1.82) is 0 Å². The molecule has 1 N–H and O–H groups in total. The van der Waals surface area contributed by atoms with Crippen LogP contribution in [-0.2, 0) is 4.79 Å². The van der Waals surface area contributed by atoms with E-state index in [4.69, 9.17) is 0 Å². The molecule has 68 valence electrons. The Bertz CT molecular complexity index is 244. The third kappa shape index (κ3) is 0.598. The van der Waals surface area contributed by atoms with Crippen molar-refractivity contribution in [3.8, 4) is 0 Å². The Kier molecular flexibility index (Phi) is 1.32. The Hall–Kier alpha value is -0.370. The molecule has 0 amide bonds. The van der Waals surface area contributed by atoms with Crippen LogP contribution < -0.4 is 0 Å². The van der Waals surface area contributed by atoms with Crippen LogP contribution in [0.2, 0.25) is 0 Å². The van der Waals surface area contributed by atoms with Gasteiger partial charge in [-0.2, -0.15) is 0 Å². The molecule has 12 heavy (non-hydrogen) atoms. The number of hydrogen-bond donors (Lipinski definition) is 1. The van der Waals surface area contributed by atoms with Gasteiger partial charge < -0.3 is 5.11 Å². The average Bonchev–Trinajstić information content (AvgIpc) is 2.26. The van der Waals surface area contributed by atoms with Crippen LogP contribution in [-0.4, -0.2) is 17.0 Å². The summed E-state index contributed by atoms with van der Waals surface area (Å²) in [6.45, 7) is 6.26. The van der Waals surface area contributed by atoms with E-state index >= 15 is 0 Å². The quantitative estimate of drug-likeness (QED) is 0.593. The molecule has 3 atom stereocenters. The number of carbonyl (C=O) groups excluding carboxylic acids is 1. The summed E-state index contributed by atoms with van der Waals surface area (Å²) in [5.74, 6) is 0.186. The van der Waals surface area contributed by atoms with Crippen LogP contribution in [0.25, 0.3) is 0 Å². The summed E-state index contributed by atoms with van der Waals surface area (Å²) >= 11 is 0. The van der Waals surface area contributed by atoms with Gasteiger partial charge in [-0.25, -0.2) is 0 Å². The molecular formula is C10H16O2. The van der Waals surface area contributed by atoms with Crippen molar-refractivity contribution in [1.82, 2.24) is 0 Å². The average molecular weight is 168 g/mol. The third-order valence-corrected chi connectivity index (χ3v) is 4.51. The summed E-state index contributed by atoms with van der Waals surface area (Å²) in [6.07, 6.45) is 1.27. The number of hydrogen-bond acceptors (Lipinski definition) is 2. The van der Waals surface area contributed by atoms with Crippen molar-refractivity contribution < 1.29 is 9.90 Å². The van der Waals surface area contributed by atoms with Crippen molar-refractivity contribution in [3.63, 3.8) is 0 Å². The molecule has 2 fully saturated rings. The summed E-state index contributed by atoms with van der Waals surface area (Å²) < 4.78 is 0. The van der Waals surface area contributed by atoms with Crippen molar-refractivity contribution >= 4 is 5.78 Å². The van der Waals surface area contributed by atoms with Crippen LogP contribution in [0.4, 0.5) is 0 Å². The van der Waals surface area contributed by atoms with E-state index in [1.165, 1.54) is 0 Å². The van der Waals surface area contributed by atoms with E-state index in [9.17, 15) is 9.90 Å². The molecule has 0 aromatic rings. The maximum atomic E-state index is 11.5. The van der Waals surface area contributed by atoms with Crippen LogP contribution in [0.1, 0.15) is 33.6 Å². The van der Waals surface area contributed by atoms with Gasteiger partial charge in [-0.1, -0.05) is 20.8 Å². The van der Waals surface area contributed by atoms with E-state index in [1.807, 2.05) is 6.92 Å². The minimum absolute atomic E-state index is 0.00347. The SMILES string of the molecule is CC1(C)[C@H]2CC[C@@]1(C)[C@@H](O)C2=O. The highest BCUT2D eigenvalue weighted by atomic mass is 16.3. The Balaban J connectivity index is 2.50. The van der Waals surface area contributed by atoms with Gasteiger partial charge >= 0.3 is 0 Å². The molecule has 0 unspecified atom stereocenters. The highest BCUT2D eigenvalue weighted by molar-refractivity contribution is 5.90. The molecular weight excluding hydrogens is 152 g/mol. The Morgan fingerprint density at radius 3 is 2.25 bits per heavy atom. The second-order valence-electron chi connectivity index (χ2n) is 5.04. The minimum atomic E-state index is -0.703. The Morgan fingerprint density at radius 1 is 1.42 bits per heavy atom. The van der Waals surface area contributed by atoms with Crippen LogP contribution in [0.15, 0.2) is 0 Å².